The first-order valence-electron chi connectivity index (χ1n) is 8.58. The fourth-order valence-corrected chi connectivity index (χ4v) is 5.71. The summed E-state index contributed by atoms with van der Waals surface area (Å²) >= 11 is 2.95. The van der Waals surface area contributed by atoms with Crippen molar-refractivity contribution in [1.29, 1.82) is 0 Å². The zero-order chi connectivity index (χ0) is 18.4. The molecule has 0 spiro atoms. The molecule has 1 N–H and O–H groups in total. The first kappa shape index (κ1) is 17.7. The van der Waals surface area contributed by atoms with Crippen LogP contribution in [0.15, 0.2) is 27.9 Å². The SMILES string of the molecule is C[C@@H]1CCc2c(sc3nc([C@H](C)Sc4ccc(F)c(F)c4)[nH]c(=O)c23)C1. The van der Waals surface area contributed by atoms with Gasteiger partial charge in [0.05, 0.1) is 10.6 Å². The third-order valence-electron chi connectivity index (χ3n) is 4.77. The molecule has 2 heterocycles. The van der Waals surface area contributed by atoms with Gasteiger partial charge in [0.25, 0.3) is 5.56 Å². The first-order chi connectivity index (χ1) is 12.4. The second kappa shape index (κ2) is 6.78. The maximum atomic E-state index is 13.4. The van der Waals surface area contributed by atoms with Crippen molar-refractivity contribution in [1.82, 2.24) is 9.97 Å². The molecular formula is C19H18F2N2OS2. The Bertz CT molecular complexity index is 1040. The van der Waals surface area contributed by atoms with E-state index in [1.54, 1.807) is 11.3 Å². The summed E-state index contributed by atoms with van der Waals surface area (Å²) in [6.45, 7) is 4.13. The van der Waals surface area contributed by atoms with Crippen molar-refractivity contribution in [3.63, 3.8) is 0 Å². The average Bonchev–Trinajstić information content (AvgIpc) is 2.95. The van der Waals surface area contributed by atoms with E-state index in [-0.39, 0.29) is 10.8 Å². The minimum Gasteiger partial charge on any atom is -0.309 e. The maximum Gasteiger partial charge on any atom is 0.259 e. The Morgan fingerprint density at radius 1 is 1.35 bits per heavy atom. The number of hydrogen-bond donors (Lipinski definition) is 1. The number of H-pyrrole nitrogens is 1. The van der Waals surface area contributed by atoms with Crippen LogP contribution in [0.3, 0.4) is 0 Å². The quantitative estimate of drug-likeness (QED) is 0.620. The van der Waals surface area contributed by atoms with Gasteiger partial charge in [0.2, 0.25) is 0 Å². The molecule has 1 aliphatic rings. The number of benzene rings is 1. The number of rotatable bonds is 3. The summed E-state index contributed by atoms with van der Waals surface area (Å²) in [5.74, 6) is -0.548. The monoisotopic (exact) mass is 392 g/mol. The van der Waals surface area contributed by atoms with Gasteiger partial charge in [-0.05, 0) is 55.9 Å². The first-order valence-corrected chi connectivity index (χ1v) is 10.3. The lowest BCUT2D eigenvalue weighted by atomic mass is 9.89. The second-order valence-corrected chi connectivity index (χ2v) is 9.32. The molecule has 1 aliphatic carbocycles. The molecule has 4 rings (SSSR count). The summed E-state index contributed by atoms with van der Waals surface area (Å²) in [5.41, 5.74) is 1.05. The van der Waals surface area contributed by atoms with Crippen LogP contribution < -0.4 is 5.56 Å². The van der Waals surface area contributed by atoms with Crippen molar-refractivity contribution in [2.24, 2.45) is 5.92 Å². The van der Waals surface area contributed by atoms with Gasteiger partial charge < -0.3 is 4.98 Å². The van der Waals surface area contributed by atoms with Gasteiger partial charge in [-0.15, -0.1) is 23.1 Å². The van der Waals surface area contributed by atoms with Crippen LogP contribution in [0.1, 0.15) is 41.8 Å². The molecule has 136 valence electrons. The van der Waals surface area contributed by atoms with Crippen LogP contribution in [0, 0.1) is 17.6 Å². The average molecular weight is 392 g/mol. The Morgan fingerprint density at radius 3 is 2.92 bits per heavy atom. The van der Waals surface area contributed by atoms with E-state index in [2.05, 4.69) is 16.9 Å². The fourth-order valence-electron chi connectivity index (χ4n) is 3.37. The minimum atomic E-state index is -0.876. The molecule has 1 aromatic carbocycles. The summed E-state index contributed by atoms with van der Waals surface area (Å²) in [6.07, 6.45) is 3.03. The zero-order valence-electron chi connectivity index (χ0n) is 14.4. The molecule has 26 heavy (non-hydrogen) atoms. The highest BCUT2D eigenvalue weighted by Crippen LogP contribution is 2.38. The van der Waals surface area contributed by atoms with E-state index in [1.807, 2.05) is 6.92 Å². The van der Waals surface area contributed by atoms with E-state index >= 15 is 0 Å². The maximum absolute atomic E-state index is 13.4. The topological polar surface area (TPSA) is 45.8 Å². The third kappa shape index (κ3) is 3.18. The normalized spacial score (nSPS) is 18.1. The van der Waals surface area contributed by atoms with Crippen molar-refractivity contribution in [2.45, 2.75) is 43.3 Å². The Hall–Kier alpha value is -1.73. The van der Waals surface area contributed by atoms with E-state index in [4.69, 9.17) is 0 Å². The molecule has 0 saturated heterocycles. The summed E-state index contributed by atoms with van der Waals surface area (Å²) in [6, 6.07) is 3.80. The predicted octanol–water partition coefficient (Wildman–Crippen LogP) is 5.24. The number of fused-ring (bicyclic) bond motifs is 3. The summed E-state index contributed by atoms with van der Waals surface area (Å²) in [5, 5.41) is 0.542. The van der Waals surface area contributed by atoms with Crippen LogP contribution in [0.5, 0.6) is 0 Å². The van der Waals surface area contributed by atoms with E-state index in [1.165, 1.54) is 28.8 Å². The molecule has 0 bridgehead atoms. The molecule has 3 aromatic rings. The summed E-state index contributed by atoms with van der Waals surface area (Å²) in [4.78, 5) is 22.9. The number of thiophene rings is 1. The zero-order valence-corrected chi connectivity index (χ0v) is 16.1. The smallest absolute Gasteiger partial charge is 0.259 e. The lowest BCUT2D eigenvalue weighted by Gasteiger charge is -2.17. The number of nitrogens with zero attached hydrogens (tertiary/aromatic N) is 1. The minimum absolute atomic E-state index is 0.102. The van der Waals surface area contributed by atoms with Gasteiger partial charge in [-0.25, -0.2) is 13.8 Å². The van der Waals surface area contributed by atoms with E-state index in [0.717, 1.165) is 41.1 Å². The van der Waals surface area contributed by atoms with Gasteiger partial charge >= 0.3 is 0 Å². The molecule has 3 nitrogen and oxygen atoms in total. The number of thioether (sulfide) groups is 1. The third-order valence-corrected chi connectivity index (χ3v) is 7.02. The number of aryl methyl sites for hydroxylation is 1. The Morgan fingerprint density at radius 2 is 2.15 bits per heavy atom. The molecule has 7 heteroatoms. The number of aromatic amines is 1. The molecule has 0 fully saturated rings. The molecule has 0 unspecified atom stereocenters. The van der Waals surface area contributed by atoms with Crippen molar-refractivity contribution < 1.29 is 8.78 Å². The Kier molecular flexibility index (Phi) is 4.61. The van der Waals surface area contributed by atoms with Crippen molar-refractivity contribution in [3.05, 3.63) is 56.5 Å². The Balaban J connectivity index is 1.68. The second-order valence-electron chi connectivity index (χ2n) is 6.82. The highest BCUT2D eigenvalue weighted by Gasteiger charge is 2.24. The molecule has 0 radical (unpaired) electrons. The number of aromatic nitrogens is 2. The van der Waals surface area contributed by atoms with E-state index in [9.17, 15) is 13.6 Å². The van der Waals surface area contributed by atoms with Gasteiger partial charge in [-0.1, -0.05) is 6.92 Å². The highest BCUT2D eigenvalue weighted by molar-refractivity contribution is 7.99. The fraction of sp³-hybridized carbons (Fsp3) is 0.368. The van der Waals surface area contributed by atoms with Crippen LogP contribution >= 0.6 is 23.1 Å². The van der Waals surface area contributed by atoms with Gasteiger partial charge in [-0.3, -0.25) is 4.79 Å². The molecule has 2 atom stereocenters. The summed E-state index contributed by atoms with van der Waals surface area (Å²) in [7, 11) is 0. The van der Waals surface area contributed by atoms with Crippen LogP contribution in [0.4, 0.5) is 8.78 Å². The van der Waals surface area contributed by atoms with Crippen LogP contribution in [-0.2, 0) is 12.8 Å². The number of nitrogens with one attached hydrogen (secondary N) is 1. The molecule has 0 aliphatic heterocycles. The van der Waals surface area contributed by atoms with Crippen molar-refractivity contribution in [3.8, 4) is 0 Å². The van der Waals surface area contributed by atoms with E-state index < -0.39 is 11.6 Å². The molecule has 2 aromatic heterocycles. The van der Waals surface area contributed by atoms with Gasteiger partial charge in [0, 0.05) is 9.77 Å². The number of halogens is 2. The van der Waals surface area contributed by atoms with Crippen molar-refractivity contribution >= 4 is 33.3 Å². The standard InChI is InChI=1S/C19H18F2N2OS2/c1-9-3-5-12-15(7-9)26-19-16(12)18(24)22-17(23-19)10(2)25-11-4-6-13(20)14(21)8-11/h4,6,8-10H,3,5,7H2,1-2H3,(H,22,23,24)/t9-,10+/m1/s1. The number of hydrogen-bond acceptors (Lipinski definition) is 4. The Labute approximate surface area is 157 Å². The van der Waals surface area contributed by atoms with Gasteiger partial charge in [0.1, 0.15) is 10.7 Å². The largest absolute Gasteiger partial charge is 0.309 e. The van der Waals surface area contributed by atoms with E-state index in [0.29, 0.717) is 16.6 Å². The van der Waals surface area contributed by atoms with Crippen LogP contribution in [0.2, 0.25) is 0 Å². The van der Waals surface area contributed by atoms with Gasteiger partial charge in [0.15, 0.2) is 11.6 Å². The molecule has 0 saturated carbocycles. The highest BCUT2D eigenvalue weighted by atomic mass is 32.2. The summed E-state index contributed by atoms with van der Waals surface area (Å²) < 4.78 is 26.5. The lowest BCUT2D eigenvalue weighted by molar-refractivity contribution is 0.506. The lowest BCUT2D eigenvalue weighted by Crippen LogP contribution is -2.15. The van der Waals surface area contributed by atoms with Crippen LogP contribution in [-0.4, -0.2) is 9.97 Å². The van der Waals surface area contributed by atoms with Gasteiger partial charge in [-0.2, -0.15) is 0 Å². The molecule has 0 amide bonds. The predicted molar refractivity (Wildman–Crippen MR) is 102 cm³/mol. The van der Waals surface area contributed by atoms with Crippen LogP contribution in [0.25, 0.3) is 10.2 Å². The molecular weight excluding hydrogens is 374 g/mol. The van der Waals surface area contributed by atoms with Crippen molar-refractivity contribution in [2.75, 3.05) is 0 Å².